The maximum Gasteiger partial charge on any atom is 0.407 e. The highest BCUT2D eigenvalue weighted by Gasteiger charge is 2.53. The summed E-state index contributed by atoms with van der Waals surface area (Å²) in [6, 6.07) is 5.53. The number of nitrogens with zero attached hydrogens (tertiary/aromatic N) is 1. The average Bonchev–Trinajstić information content (AvgIpc) is 2.46. The van der Waals surface area contributed by atoms with Crippen molar-refractivity contribution >= 4 is 6.09 Å². The second-order valence-electron chi connectivity index (χ2n) is 6.65. The van der Waals surface area contributed by atoms with Crippen molar-refractivity contribution in [1.29, 1.82) is 0 Å². The minimum Gasteiger partial charge on any atom is -0.465 e. The van der Waals surface area contributed by atoms with Crippen LogP contribution in [0.1, 0.15) is 32.4 Å². The molecule has 1 heterocycles. The number of carbonyl (C=O) groups is 1. The molecule has 0 radical (unpaired) electrons. The zero-order chi connectivity index (χ0) is 16.5. The summed E-state index contributed by atoms with van der Waals surface area (Å²) in [5.41, 5.74) is -1.11. The molecule has 2 rings (SSSR count). The molecule has 5 nitrogen and oxygen atoms in total. The van der Waals surface area contributed by atoms with Gasteiger partial charge in [0.25, 0.3) is 0 Å². The fraction of sp³-hybridized carbons (Fsp3) is 0.562. The Balaban J connectivity index is 2.41. The zero-order valence-corrected chi connectivity index (χ0v) is 13.0. The Morgan fingerprint density at radius 2 is 1.95 bits per heavy atom. The van der Waals surface area contributed by atoms with Crippen molar-refractivity contribution in [2.75, 3.05) is 19.7 Å². The van der Waals surface area contributed by atoms with Gasteiger partial charge in [0.1, 0.15) is 17.5 Å². The van der Waals surface area contributed by atoms with Crippen molar-refractivity contribution in [2.24, 2.45) is 5.41 Å². The topological polar surface area (TPSA) is 70.0 Å². The lowest BCUT2D eigenvalue weighted by molar-refractivity contribution is -0.213. The first-order chi connectivity index (χ1) is 10.2. The van der Waals surface area contributed by atoms with E-state index in [1.165, 1.54) is 29.2 Å². The fourth-order valence-electron chi connectivity index (χ4n) is 2.85. The number of benzene rings is 1. The van der Waals surface area contributed by atoms with Gasteiger partial charge in [-0.25, -0.2) is 9.18 Å². The first kappa shape index (κ1) is 16.7. The molecule has 1 aromatic carbocycles. The van der Waals surface area contributed by atoms with Gasteiger partial charge in [-0.1, -0.05) is 32.9 Å². The van der Waals surface area contributed by atoms with E-state index >= 15 is 0 Å². The highest BCUT2D eigenvalue weighted by molar-refractivity contribution is 5.65. The summed E-state index contributed by atoms with van der Waals surface area (Å²) in [7, 11) is 0. The smallest absolute Gasteiger partial charge is 0.407 e. The third kappa shape index (κ3) is 2.94. The number of halogens is 1. The molecule has 1 saturated heterocycles. The summed E-state index contributed by atoms with van der Waals surface area (Å²) < 4.78 is 19.0. The quantitative estimate of drug-likeness (QED) is 0.881. The highest BCUT2D eigenvalue weighted by Crippen LogP contribution is 2.45. The maximum atomic E-state index is 13.1. The Kier molecular flexibility index (Phi) is 4.44. The van der Waals surface area contributed by atoms with Crippen LogP contribution >= 0.6 is 0 Å². The molecule has 1 fully saturated rings. The number of rotatable bonds is 2. The Labute approximate surface area is 129 Å². The highest BCUT2D eigenvalue weighted by atomic mass is 19.1. The van der Waals surface area contributed by atoms with Crippen LogP contribution in [0.3, 0.4) is 0 Å². The minimum atomic E-state index is -1.10. The largest absolute Gasteiger partial charge is 0.465 e. The van der Waals surface area contributed by atoms with Gasteiger partial charge < -0.3 is 19.8 Å². The number of hydrogen-bond donors (Lipinski definition) is 2. The van der Waals surface area contributed by atoms with Crippen molar-refractivity contribution < 1.29 is 24.1 Å². The predicted octanol–water partition coefficient (Wildman–Crippen LogP) is 2.65. The molecule has 2 atom stereocenters. The van der Waals surface area contributed by atoms with Crippen LogP contribution in [0.2, 0.25) is 0 Å². The molecule has 122 valence electrons. The van der Waals surface area contributed by atoms with Crippen LogP contribution in [0.5, 0.6) is 0 Å². The standard InChI is InChI=1S/C16H22FNO4/c1-15(2,3)16(10-18(14(20)21)8-9-22-16)13(19)11-4-6-12(17)7-5-11/h4-7,13,19H,8-10H2,1-3H3,(H,20,21). The molecule has 2 N–H and O–H groups in total. The summed E-state index contributed by atoms with van der Waals surface area (Å²) in [6.07, 6.45) is -2.10. The molecule has 1 aliphatic rings. The number of aliphatic hydroxyl groups excluding tert-OH is 1. The van der Waals surface area contributed by atoms with E-state index in [1.54, 1.807) is 0 Å². The zero-order valence-electron chi connectivity index (χ0n) is 13.0. The van der Waals surface area contributed by atoms with Gasteiger partial charge in [0.05, 0.1) is 13.2 Å². The number of morpholine rings is 1. The molecular weight excluding hydrogens is 289 g/mol. The van der Waals surface area contributed by atoms with Crippen molar-refractivity contribution in [1.82, 2.24) is 4.90 Å². The summed E-state index contributed by atoms with van der Waals surface area (Å²) in [5.74, 6) is -0.391. The number of carboxylic acid groups (broad SMARTS) is 1. The monoisotopic (exact) mass is 311 g/mol. The van der Waals surface area contributed by atoms with Crippen LogP contribution in [-0.4, -0.2) is 46.5 Å². The van der Waals surface area contributed by atoms with Gasteiger partial charge in [0.2, 0.25) is 0 Å². The van der Waals surface area contributed by atoms with E-state index in [9.17, 15) is 19.4 Å². The van der Waals surface area contributed by atoms with Crippen LogP contribution in [0.4, 0.5) is 9.18 Å². The van der Waals surface area contributed by atoms with Gasteiger partial charge in [-0.3, -0.25) is 0 Å². The third-order valence-electron chi connectivity index (χ3n) is 4.31. The van der Waals surface area contributed by atoms with Crippen LogP contribution in [0.15, 0.2) is 24.3 Å². The second-order valence-corrected chi connectivity index (χ2v) is 6.65. The molecule has 0 aromatic heterocycles. The Morgan fingerprint density at radius 3 is 2.45 bits per heavy atom. The van der Waals surface area contributed by atoms with E-state index in [0.29, 0.717) is 5.56 Å². The molecule has 1 aliphatic heterocycles. The number of ether oxygens (including phenoxy) is 1. The first-order valence-corrected chi connectivity index (χ1v) is 7.23. The molecule has 22 heavy (non-hydrogen) atoms. The first-order valence-electron chi connectivity index (χ1n) is 7.23. The van der Waals surface area contributed by atoms with Crippen molar-refractivity contribution in [3.8, 4) is 0 Å². The van der Waals surface area contributed by atoms with Gasteiger partial charge in [0, 0.05) is 6.54 Å². The maximum absolute atomic E-state index is 13.1. The lowest BCUT2D eigenvalue weighted by Gasteiger charge is -2.52. The lowest BCUT2D eigenvalue weighted by atomic mass is 9.70. The second kappa shape index (κ2) is 5.85. The van der Waals surface area contributed by atoms with E-state index in [2.05, 4.69) is 0 Å². The van der Waals surface area contributed by atoms with E-state index in [-0.39, 0.29) is 19.7 Å². The molecule has 0 saturated carbocycles. The van der Waals surface area contributed by atoms with Crippen LogP contribution < -0.4 is 0 Å². The van der Waals surface area contributed by atoms with Gasteiger partial charge >= 0.3 is 6.09 Å². The van der Waals surface area contributed by atoms with E-state index in [0.717, 1.165) is 0 Å². The van der Waals surface area contributed by atoms with E-state index < -0.39 is 29.0 Å². The lowest BCUT2D eigenvalue weighted by Crippen LogP contribution is -2.62. The Morgan fingerprint density at radius 1 is 1.36 bits per heavy atom. The minimum absolute atomic E-state index is 0.0599. The molecule has 6 heteroatoms. The van der Waals surface area contributed by atoms with Crippen molar-refractivity contribution in [3.05, 3.63) is 35.6 Å². The molecule has 0 spiro atoms. The Bertz CT molecular complexity index is 540. The summed E-state index contributed by atoms with van der Waals surface area (Å²) >= 11 is 0. The van der Waals surface area contributed by atoms with Crippen LogP contribution in [-0.2, 0) is 4.74 Å². The Hall–Kier alpha value is -1.66. The fourth-order valence-corrected chi connectivity index (χ4v) is 2.85. The van der Waals surface area contributed by atoms with E-state index in [4.69, 9.17) is 4.74 Å². The molecule has 0 bridgehead atoms. The van der Waals surface area contributed by atoms with Gasteiger partial charge in [-0.05, 0) is 23.1 Å². The summed E-state index contributed by atoms with van der Waals surface area (Å²) in [6.45, 7) is 6.22. The van der Waals surface area contributed by atoms with Crippen LogP contribution in [0.25, 0.3) is 0 Å². The van der Waals surface area contributed by atoms with Crippen LogP contribution in [0, 0.1) is 11.2 Å². The molecular formula is C16H22FNO4. The number of aliphatic hydroxyl groups is 1. The normalized spacial score (nSPS) is 24.1. The van der Waals surface area contributed by atoms with E-state index in [1.807, 2.05) is 20.8 Å². The third-order valence-corrected chi connectivity index (χ3v) is 4.31. The van der Waals surface area contributed by atoms with Gasteiger partial charge in [-0.15, -0.1) is 0 Å². The van der Waals surface area contributed by atoms with Crippen molar-refractivity contribution in [2.45, 2.75) is 32.5 Å². The molecule has 1 amide bonds. The molecule has 0 aliphatic carbocycles. The summed E-state index contributed by atoms with van der Waals surface area (Å²) in [5, 5.41) is 20.1. The van der Waals surface area contributed by atoms with Crippen molar-refractivity contribution in [3.63, 3.8) is 0 Å². The number of hydrogen-bond acceptors (Lipinski definition) is 3. The predicted molar refractivity (Wildman–Crippen MR) is 79.1 cm³/mol. The molecule has 2 unspecified atom stereocenters. The van der Waals surface area contributed by atoms with Gasteiger partial charge in [0.15, 0.2) is 0 Å². The van der Waals surface area contributed by atoms with Gasteiger partial charge in [-0.2, -0.15) is 0 Å². The average molecular weight is 311 g/mol. The number of amides is 1. The summed E-state index contributed by atoms with van der Waals surface area (Å²) in [4.78, 5) is 12.6. The molecule has 1 aromatic rings. The SMILES string of the molecule is CC(C)(C)C1(C(O)c2ccc(F)cc2)CN(C(=O)O)CCO1.